The topological polar surface area (TPSA) is 3.24 Å². The first-order valence-electron chi connectivity index (χ1n) is 6.30. The summed E-state index contributed by atoms with van der Waals surface area (Å²) in [4.78, 5) is 2.50. The van der Waals surface area contributed by atoms with Crippen LogP contribution in [-0.2, 0) is 5.88 Å². The van der Waals surface area contributed by atoms with Crippen LogP contribution < -0.4 is 4.90 Å². The van der Waals surface area contributed by atoms with Gasteiger partial charge in [-0.25, -0.2) is 0 Å². The summed E-state index contributed by atoms with van der Waals surface area (Å²) in [5, 5.41) is 0.784. The fourth-order valence-electron chi connectivity index (χ4n) is 2.74. The molecule has 2 rings (SSSR count). The third-order valence-electron chi connectivity index (χ3n) is 3.74. The van der Waals surface area contributed by atoms with Crippen molar-refractivity contribution in [3.05, 3.63) is 28.8 Å². The van der Waals surface area contributed by atoms with Crippen LogP contribution >= 0.6 is 23.2 Å². The molecule has 3 heteroatoms. The highest BCUT2D eigenvalue weighted by Gasteiger charge is 2.29. The van der Waals surface area contributed by atoms with E-state index in [9.17, 15) is 0 Å². The van der Waals surface area contributed by atoms with Crippen molar-refractivity contribution < 1.29 is 0 Å². The van der Waals surface area contributed by atoms with Crippen LogP contribution in [0, 0.1) is 0 Å². The first-order valence-corrected chi connectivity index (χ1v) is 7.21. The SMILES string of the molecule is CCC1CCC(C)N1c1ccc(CCl)c(Cl)c1. The van der Waals surface area contributed by atoms with Crippen molar-refractivity contribution in [2.24, 2.45) is 0 Å². The van der Waals surface area contributed by atoms with Gasteiger partial charge < -0.3 is 4.90 Å². The van der Waals surface area contributed by atoms with Gasteiger partial charge in [-0.05, 0) is 43.9 Å². The molecule has 0 bridgehead atoms. The van der Waals surface area contributed by atoms with Gasteiger partial charge in [0.2, 0.25) is 0 Å². The number of hydrogen-bond donors (Lipinski definition) is 0. The van der Waals surface area contributed by atoms with Crippen molar-refractivity contribution >= 4 is 28.9 Å². The quantitative estimate of drug-likeness (QED) is 0.711. The molecule has 1 aromatic carbocycles. The second-order valence-electron chi connectivity index (χ2n) is 4.81. The molecule has 0 spiro atoms. The Labute approximate surface area is 114 Å². The van der Waals surface area contributed by atoms with Crippen LogP contribution in [0.15, 0.2) is 18.2 Å². The summed E-state index contributed by atoms with van der Waals surface area (Å²) in [6, 6.07) is 7.51. The third-order valence-corrected chi connectivity index (χ3v) is 4.38. The average Bonchev–Trinajstić information content (AvgIpc) is 2.70. The van der Waals surface area contributed by atoms with E-state index in [0.29, 0.717) is 18.0 Å². The van der Waals surface area contributed by atoms with Crippen LogP contribution in [-0.4, -0.2) is 12.1 Å². The van der Waals surface area contributed by atoms with Crippen molar-refractivity contribution in [2.45, 2.75) is 51.1 Å². The minimum Gasteiger partial charge on any atom is -0.366 e. The Morgan fingerprint density at radius 2 is 2.12 bits per heavy atom. The zero-order valence-corrected chi connectivity index (χ0v) is 11.9. The highest BCUT2D eigenvalue weighted by atomic mass is 35.5. The largest absolute Gasteiger partial charge is 0.366 e. The van der Waals surface area contributed by atoms with E-state index in [1.54, 1.807) is 0 Å². The average molecular weight is 272 g/mol. The molecular formula is C14H19Cl2N. The van der Waals surface area contributed by atoms with Gasteiger partial charge in [-0.3, -0.25) is 0 Å². The van der Waals surface area contributed by atoms with E-state index >= 15 is 0 Å². The summed E-state index contributed by atoms with van der Waals surface area (Å²) in [7, 11) is 0. The molecule has 0 aromatic heterocycles. The van der Waals surface area contributed by atoms with Crippen LogP contribution in [0.1, 0.15) is 38.7 Å². The molecule has 1 fully saturated rings. The van der Waals surface area contributed by atoms with Crippen molar-refractivity contribution in [2.75, 3.05) is 4.90 Å². The van der Waals surface area contributed by atoms with Crippen LogP contribution in [0.4, 0.5) is 5.69 Å². The molecule has 1 aliphatic heterocycles. The number of alkyl halides is 1. The fraction of sp³-hybridized carbons (Fsp3) is 0.571. The first kappa shape index (κ1) is 13.0. The van der Waals surface area contributed by atoms with E-state index in [2.05, 4.69) is 30.9 Å². The standard InChI is InChI=1S/C14H19Cl2N/c1-3-12-6-4-10(2)17(12)13-7-5-11(9-15)14(16)8-13/h5,7-8,10,12H,3-4,6,9H2,1-2H3. The summed E-state index contributed by atoms with van der Waals surface area (Å²) < 4.78 is 0. The maximum atomic E-state index is 6.24. The summed E-state index contributed by atoms with van der Waals surface area (Å²) in [6.07, 6.45) is 3.75. The zero-order chi connectivity index (χ0) is 12.4. The fourth-order valence-corrected chi connectivity index (χ4v) is 3.29. The van der Waals surface area contributed by atoms with Gasteiger partial charge in [0.25, 0.3) is 0 Å². The Bertz CT molecular complexity index is 392. The molecule has 17 heavy (non-hydrogen) atoms. The van der Waals surface area contributed by atoms with Crippen LogP contribution in [0.5, 0.6) is 0 Å². The lowest BCUT2D eigenvalue weighted by atomic mass is 10.1. The minimum absolute atomic E-state index is 0.478. The van der Waals surface area contributed by atoms with E-state index in [-0.39, 0.29) is 0 Å². The predicted octanol–water partition coefficient (Wildman–Crippen LogP) is 4.85. The Balaban J connectivity index is 2.29. The van der Waals surface area contributed by atoms with Crippen LogP contribution in [0.2, 0.25) is 5.02 Å². The highest BCUT2D eigenvalue weighted by Crippen LogP contribution is 2.34. The number of nitrogens with zero attached hydrogens (tertiary/aromatic N) is 1. The number of rotatable bonds is 3. The summed E-state index contributed by atoms with van der Waals surface area (Å²) in [6.45, 7) is 4.55. The van der Waals surface area contributed by atoms with Gasteiger partial charge in [0, 0.05) is 28.7 Å². The van der Waals surface area contributed by atoms with Crippen molar-refractivity contribution in [3.8, 4) is 0 Å². The van der Waals surface area contributed by atoms with Gasteiger partial charge in [0.05, 0.1) is 0 Å². The molecular weight excluding hydrogens is 253 g/mol. The molecule has 1 heterocycles. The van der Waals surface area contributed by atoms with E-state index in [1.165, 1.54) is 24.9 Å². The number of benzene rings is 1. The lowest BCUT2D eigenvalue weighted by Crippen LogP contribution is -2.34. The molecule has 1 aliphatic rings. The van der Waals surface area contributed by atoms with Gasteiger partial charge in [0.15, 0.2) is 0 Å². The number of anilines is 1. The van der Waals surface area contributed by atoms with E-state index in [1.807, 2.05) is 6.07 Å². The van der Waals surface area contributed by atoms with E-state index in [4.69, 9.17) is 23.2 Å². The molecule has 1 nitrogen and oxygen atoms in total. The molecule has 0 N–H and O–H groups in total. The normalized spacial score (nSPS) is 24.4. The lowest BCUT2D eigenvalue weighted by molar-refractivity contribution is 0.628. The Morgan fingerprint density at radius 1 is 1.35 bits per heavy atom. The first-order chi connectivity index (χ1) is 8.17. The van der Waals surface area contributed by atoms with E-state index in [0.717, 1.165) is 10.6 Å². The van der Waals surface area contributed by atoms with Crippen molar-refractivity contribution in [1.82, 2.24) is 0 Å². The molecule has 0 amide bonds. The molecule has 2 atom stereocenters. The number of halogens is 2. The van der Waals surface area contributed by atoms with Gasteiger partial charge in [-0.15, -0.1) is 11.6 Å². The van der Waals surface area contributed by atoms with E-state index < -0.39 is 0 Å². The summed E-state index contributed by atoms with van der Waals surface area (Å²) >= 11 is 12.1. The van der Waals surface area contributed by atoms with Crippen molar-refractivity contribution in [3.63, 3.8) is 0 Å². The maximum Gasteiger partial charge on any atom is 0.0488 e. The zero-order valence-electron chi connectivity index (χ0n) is 10.4. The van der Waals surface area contributed by atoms with Gasteiger partial charge in [0.1, 0.15) is 0 Å². The smallest absolute Gasteiger partial charge is 0.0488 e. The van der Waals surface area contributed by atoms with Crippen LogP contribution in [0.3, 0.4) is 0 Å². The predicted molar refractivity (Wildman–Crippen MR) is 76.3 cm³/mol. The molecule has 1 aromatic rings. The monoisotopic (exact) mass is 271 g/mol. The highest BCUT2D eigenvalue weighted by molar-refractivity contribution is 6.32. The molecule has 0 aliphatic carbocycles. The molecule has 1 saturated heterocycles. The molecule has 0 saturated carbocycles. The molecule has 94 valence electrons. The summed E-state index contributed by atoms with van der Waals surface area (Å²) in [5.41, 5.74) is 2.25. The lowest BCUT2D eigenvalue weighted by Gasteiger charge is -2.30. The van der Waals surface area contributed by atoms with Crippen molar-refractivity contribution in [1.29, 1.82) is 0 Å². The number of hydrogen-bond acceptors (Lipinski definition) is 1. The minimum atomic E-state index is 0.478. The van der Waals surface area contributed by atoms with Gasteiger partial charge in [-0.1, -0.05) is 24.6 Å². The molecule has 2 unspecified atom stereocenters. The third kappa shape index (κ3) is 2.56. The second-order valence-corrected chi connectivity index (χ2v) is 5.48. The Kier molecular flexibility index (Phi) is 4.22. The molecule has 0 radical (unpaired) electrons. The Hall–Kier alpha value is -0.400. The van der Waals surface area contributed by atoms with Gasteiger partial charge in [-0.2, -0.15) is 0 Å². The summed E-state index contributed by atoms with van der Waals surface area (Å²) in [5.74, 6) is 0.478. The van der Waals surface area contributed by atoms with Gasteiger partial charge >= 0.3 is 0 Å². The maximum absolute atomic E-state index is 6.24. The van der Waals surface area contributed by atoms with Crippen LogP contribution in [0.25, 0.3) is 0 Å². The Morgan fingerprint density at radius 3 is 2.71 bits per heavy atom. The second kappa shape index (κ2) is 5.49.